The van der Waals surface area contributed by atoms with Crippen molar-refractivity contribution in [3.63, 3.8) is 0 Å². The topological polar surface area (TPSA) is 57.5 Å². The van der Waals surface area contributed by atoms with Crippen molar-refractivity contribution in [2.24, 2.45) is 0 Å². The Bertz CT molecular complexity index is 40.3. The van der Waals surface area contributed by atoms with E-state index in [1.807, 2.05) is 0 Å². The van der Waals surface area contributed by atoms with E-state index in [0.29, 0.717) is 0 Å². The molecular weight excluding hydrogens is 233 g/mol. The minimum Gasteiger partial charge on any atom is -1.00 e. The van der Waals surface area contributed by atoms with Crippen LogP contribution >= 0.6 is 12.4 Å². The Labute approximate surface area is 84.2 Å². The molecule has 0 aliphatic heterocycles. The molecule has 0 saturated heterocycles. The van der Waals surface area contributed by atoms with Gasteiger partial charge in [-0.3, -0.25) is 0 Å². The maximum absolute atomic E-state index is 8.56. The van der Waals surface area contributed by atoms with E-state index in [9.17, 15) is 0 Å². The van der Waals surface area contributed by atoms with Crippen molar-refractivity contribution in [2.45, 2.75) is 0 Å². The SMILES string of the molecule is Cl.O=C(O)O.[Ba+2].[H-].[H-]. The van der Waals surface area contributed by atoms with Crippen LogP contribution in [0.1, 0.15) is 2.85 Å². The Hall–Kier alpha value is 1.13. The van der Waals surface area contributed by atoms with Crippen molar-refractivity contribution in [3.8, 4) is 0 Å². The molecule has 3 nitrogen and oxygen atoms in total. The van der Waals surface area contributed by atoms with Crippen molar-refractivity contribution < 1.29 is 17.9 Å². The summed E-state index contributed by atoms with van der Waals surface area (Å²) in [6, 6.07) is 0. The minimum atomic E-state index is -1.83. The summed E-state index contributed by atoms with van der Waals surface area (Å²) in [5.74, 6) is 0. The standard InChI is InChI=1S/CH2O3.Ba.ClH.2H/c2-1(3)4;;;;/h(H2,2,3,4);;1H;;/q;+2;;2*-1. The fraction of sp³-hybridized carbons (Fsp3) is 0. The smallest absolute Gasteiger partial charge is 1.00 e. The Morgan fingerprint density at radius 2 is 1.50 bits per heavy atom. The summed E-state index contributed by atoms with van der Waals surface area (Å²) in [5, 5.41) is 13.9. The third-order valence-corrected chi connectivity index (χ3v) is 0. The fourth-order valence-corrected chi connectivity index (χ4v) is 0. The summed E-state index contributed by atoms with van der Waals surface area (Å²) < 4.78 is 0. The summed E-state index contributed by atoms with van der Waals surface area (Å²) in [5.41, 5.74) is 0. The maximum Gasteiger partial charge on any atom is 2.00 e. The van der Waals surface area contributed by atoms with Crippen molar-refractivity contribution in [2.75, 3.05) is 0 Å². The van der Waals surface area contributed by atoms with E-state index in [2.05, 4.69) is 0 Å². The predicted octanol–water partition coefficient (Wildman–Crippen LogP) is 0.488. The van der Waals surface area contributed by atoms with E-state index in [0.717, 1.165) is 0 Å². The van der Waals surface area contributed by atoms with Crippen LogP contribution in [0.15, 0.2) is 0 Å². The van der Waals surface area contributed by atoms with Gasteiger partial charge in [-0.15, -0.1) is 12.4 Å². The van der Waals surface area contributed by atoms with Crippen LogP contribution in [0.25, 0.3) is 0 Å². The van der Waals surface area contributed by atoms with Crippen molar-refractivity contribution in [3.05, 3.63) is 0 Å². The number of halogens is 1. The number of hydrogen-bond donors (Lipinski definition) is 2. The number of rotatable bonds is 0. The molecule has 0 aliphatic rings. The van der Waals surface area contributed by atoms with Crippen molar-refractivity contribution in [1.29, 1.82) is 0 Å². The van der Waals surface area contributed by atoms with Gasteiger partial charge in [-0.2, -0.15) is 0 Å². The van der Waals surface area contributed by atoms with Gasteiger partial charge in [0, 0.05) is 0 Å². The van der Waals surface area contributed by atoms with Crippen LogP contribution in [0.3, 0.4) is 0 Å². The van der Waals surface area contributed by atoms with Gasteiger partial charge in [0.1, 0.15) is 0 Å². The molecule has 0 atom stereocenters. The Kier molecular flexibility index (Phi) is 24.8. The second-order valence-electron chi connectivity index (χ2n) is 0.283. The van der Waals surface area contributed by atoms with Gasteiger partial charge < -0.3 is 13.1 Å². The molecule has 0 amide bonds. The van der Waals surface area contributed by atoms with Crippen molar-refractivity contribution >= 4 is 67.4 Å². The van der Waals surface area contributed by atoms with Crippen molar-refractivity contribution in [1.82, 2.24) is 0 Å². The molecule has 0 spiro atoms. The molecule has 5 heteroatoms. The molecule has 0 heterocycles. The van der Waals surface area contributed by atoms with E-state index in [1.165, 1.54) is 0 Å². The largest absolute Gasteiger partial charge is 2.00 e. The molecule has 0 radical (unpaired) electrons. The summed E-state index contributed by atoms with van der Waals surface area (Å²) in [6.45, 7) is 0. The quantitative estimate of drug-likeness (QED) is 0.603. The molecular formula is CH5BaClO3. The van der Waals surface area contributed by atoms with E-state index >= 15 is 0 Å². The fourth-order valence-electron chi connectivity index (χ4n) is 0. The van der Waals surface area contributed by atoms with Crippen LogP contribution in [-0.4, -0.2) is 65.2 Å². The minimum absolute atomic E-state index is 0. The average Bonchev–Trinajstić information content (AvgIpc) is 0.811. The second kappa shape index (κ2) is 9.46. The molecule has 0 fully saturated rings. The first-order chi connectivity index (χ1) is 1.73. The van der Waals surface area contributed by atoms with Gasteiger partial charge in [-0.1, -0.05) is 0 Å². The summed E-state index contributed by atoms with van der Waals surface area (Å²) >= 11 is 0. The monoisotopic (exact) mass is 238 g/mol. The zero-order chi connectivity index (χ0) is 3.58. The van der Waals surface area contributed by atoms with Gasteiger partial charge in [0.15, 0.2) is 0 Å². The van der Waals surface area contributed by atoms with E-state index in [-0.39, 0.29) is 64.1 Å². The Morgan fingerprint density at radius 3 is 1.50 bits per heavy atom. The van der Waals surface area contributed by atoms with Gasteiger partial charge in [0.2, 0.25) is 0 Å². The molecule has 0 bridgehead atoms. The van der Waals surface area contributed by atoms with Crippen LogP contribution in [0, 0.1) is 0 Å². The molecule has 0 aliphatic carbocycles. The van der Waals surface area contributed by atoms with Gasteiger partial charge in [0.05, 0.1) is 0 Å². The van der Waals surface area contributed by atoms with Gasteiger partial charge in [0.25, 0.3) is 0 Å². The van der Waals surface area contributed by atoms with Crippen LogP contribution < -0.4 is 0 Å². The molecule has 6 heavy (non-hydrogen) atoms. The zero-order valence-electron chi connectivity index (χ0n) is 4.92. The van der Waals surface area contributed by atoms with Gasteiger partial charge in [-0.25, -0.2) is 4.79 Å². The normalized spacial score (nSPS) is 4.00. The first-order valence-corrected chi connectivity index (χ1v) is 0.651. The average molecular weight is 238 g/mol. The summed E-state index contributed by atoms with van der Waals surface area (Å²) in [6.07, 6.45) is -1.83. The molecule has 0 aromatic rings. The first kappa shape index (κ1) is 15.7. The predicted molar refractivity (Wildman–Crippen MR) is 25.9 cm³/mol. The molecule has 36 valence electrons. The molecule has 0 saturated carbocycles. The van der Waals surface area contributed by atoms with Crippen LogP contribution in [0.4, 0.5) is 4.79 Å². The summed E-state index contributed by atoms with van der Waals surface area (Å²) in [7, 11) is 0. The van der Waals surface area contributed by atoms with E-state index in [4.69, 9.17) is 15.0 Å². The van der Waals surface area contributed by atoms with Crippen LogP contribution in [0.2, 0.25) is 0 Å². The zero-order valence-corrected chi connectivity index (χ0v) is 8.18. The van der Waals surface area contributed by atoms with E-state index in [1.54, 1.807) is 0 Å². The molecule has 0 unspecified atom stereocenters. The van der Waals surface area contributed by atoms with Crippen LogP contribution in [0.5, 0.6) is 0 Å². The molecule has 2 N–H and O–H groups in total. The van der Waals surface area contributed by atoms with E-state index < -0.39 is 6.16 Å². The van der Waals surface area contributed by atoms with Gasteiger partial charge in [-0.05, 0) is 0 Å². The third-order valence-electron chi connectivity index (χ3n) is 0. The third kappa shape index (κ3) is 68.4. The second-order valence-corrected chi connectivity index (χ2v) is 0.283. The van der Waals surface area contributed by atoms with Crippen LogP contribution in [-0.2, 0) is 0 Å². The molecule has 0 rings (SSSR count). The number of carbonyl (C=O) groups is 1. The maximum atomic E-state index is 8.56. The molecule has 0 aromatic heterocycles. The van der Waals surface area contributed by atoms with Gasteiger partial charge >= 0.3 is 55.0 Å². The first-order valence-electron chi connectivity index (χ1n) is 0.651. The Balaban J connectivity index is -0.00000000750. The number of hydrogen-bond acceptors (Lipinski definition) is 1. The number of carboxylic acid groups (broad SMARTS) is 2. The summed E-state index contributed by atoms with van der Waals surface area (Å²) in [4.78, 5) is 8.56. The Morgan fingerprint density at radius 1 is 1.50 bits per heavy atom. The molecule has 0 aromatic carbocycles.